The number of ether oxygens (including phenoxy) is 1. The number of carboxylic acids is 1. The van der Waals surface area contributed by atoms with Crippen LogP contribution in [-0.2, 0) is 14.8 Å². The molecule has 23 heavy (non-hydrogen) atoms. The molecule has 0 aromatic heterocycles. The highest BCUT2D eigenvalue weighted by molar-refractivity contribution is 7.89. The summed E-state index contributed by atoms with van der Waals surface area (Å²) in [4.78, 5) is 23.3. The van der Waals surface area contributed by atoms with E-state index in [1.807, 2.05) is 0 Å². The maximum absolute atomic E-state index is 12.3. The minimum absolute atomic E-state index is 0.0144. The minimum atomic E-state index is -3.83. The predicted octanol–water partition coefficient (Wildman–Crippen LogP) is 0.586. The lowest BCUT2D eigenvalue weighted by molar-refractivity contribution is -0.143. The van der Waals surface area contributed by atoms with E-state index in [0.717, 1.165) is 6.07 Å². The summed E-state index contributed by atoms with van der Waals surface area (Å²) in [6, 6.07) is 3.84. The molecule has 0 heterocycles. The van der Waals surface area contributed by atoms with Crippen molar-refractivity contribution in [3.63, 3.8) is 0 Å². The van der Waals surface area contributed by atoms with E-state index >= 15 is 0 Å². The van der Waals surface area contributed by atoms with Gasteiger partial charge in [0.15, 0.2) is 0 Å². The van der Waals surface area contributed by atoms with Gasteiger partial charge < -0.3 is 15.2 Å². The molecule has 0 radical (unpaired) electrons. The Bertz CT molecular complexity index is 716. The summed E-state index contributed by atoms with van der Waals surface area (Å²) in [5.74, 6) is -1.79. The molecule has 0 aliphatic heterocycles. The van der Waals surface area contributed by atoms with Gasteiger partial charge in [0.05, 0.1) is 7.11 Å². The van der Waals surface area contributed by atoms with Crippen LogP contribution in [-0.4, -0.2) is 45.1 Å². The largest absolute Gasteiger partial charge is 0.495 e. The number of aliphatic carboxylic acids is 1. The smallest absolute Gasteiger partial charge is 0.329 e. The second kappa shape index (κ2) is 6.97. The van der Waals surface area contributed by atoms with Crippen LogP contribution < -0.4 is 14.8 Å². The Labute approximate surface area is 134 Å². The van der Waals surface area contributed by atoms with Crippen LogP contribution in [0.1, 0.15) is 30.6 Å². The van der Waals surface area contributed by atoms with E-state index in [2.05, 4.69) is 10.0 Å². The zero-order valence-corrected chi connectivity index (χ0v) is 14.2. The van der Waals surface area contributed by atoms with Gasteiger partial charge in [-0.3, -0.25) is 4.79 Å². The molecule has 1 unspecified atom stereocenters. The number of methoxy groups -OCH3 is 1. The molecule has 0 saturated carbocycles. The number of hydrogen-bond donors (Lipinski definition) is 3. The summed E-state index contributed by atoms with van der Waals surface area (Å²) in [6.45, 7) is 3.00. The first kappa shape index (κ1) is 18.9. The summed E-state index contributed by atoms with van der Waals surface area (Å²) in [5.41, 5.74) is -1.43. The molecule has 3 N–H and O–H groups in total. The average Bonchev–Trinajstić information content (AvgIpc) is 2.53. The van der Waals surface area contributed by atoms with E-state index in [-0.39, 0.29) is 22.6 Å². The molecule has 1 rings (SSSR count). The second-order valence-electron chi connectivity index (χ2n) is 5.02. The molecule has 9 heteroatoms. The highest BCUT2D eigenvalue weighted by Gasteiger charge is 2.33. The summed E-state index contributed by atoms with van der Waals surface area (Å²) >= 11 is 0. The quantitative estimate of drug-likeness (QED) is 0.665. The molecular weight excluding hydrogens is 324 g/mol. The van der Waals surface area contributed by atoms with E-state index < -0.39 is 27.4 Å². The molecule has 0 aliphatic carbocycles. The van der Waals surface area contributed by atoms with Gasteiger partial charge in [-0.25, -0.2) is 17.9 Å². The fourth-order valence-electron chi connectivity index (χ4n) is 1.75. The maximum Gasteiger partial charge on any atom is 0.329 e. The van der Waals surface area contributed by atoms with Gasteiger partial charge in [-0.15, -0.1) is 0 Å². The summed E-state index contributed by atoms with van der Waals surface area (Å²) in [7, 11) is -1.29. The van der Waals surface area contributed by atoms with Crippen LogP contribution in [0.2, 0.25) is 0 Å². The summed E-state index contributed by atoms with van der Waals surface area (Å²) in [6.07, 6.45) is 0.173. The fourth-order valence-corrected chi connectivity index (χ4v) is 2.67. The van der Waals surface area contributed by atoms with Gasteiger partial charge in [-0.05, 0) is 38.6 Å². The summed E-state index contributed by atoms with van der Waals surface area (Å²) < 4.78 is 31.1. The zero-order valence-electron chi connectivity index (χ0n) is 13.3. The Hall–Kier alpha value is -2.13. The van der Waals surface area contributed by atoms with Crippen molar-refractivity contribution < 1.29 is 27.9 Å². The summed E-state index contributed by atoms with van der Waals surface area (Å²) in [5, 5.41) is 11.6. The standard InChI is InChI=1S/C14H20N2O6S/c1-5-14(2,13(18)19)16-12(17)9-6-7-10(22-4)11(8-9)23(20,21)15-3/h6-8,15H,5H2,1-4H3,(H,16,17)(H,18,19). The van der Waals surface area contributed by atoms with Crippen LogP contribution in [0, 0.1) is 0 Å². The van der Waals surface area contributed by atoms with Crippen LogP contribution in [0.15, 0.2) is 23.1 Å². The molecule has 1 atom stereocenters. The third-order valence-corrected chi connectivity index (χ3v) is 4.99. The fraction of sp³-hybridized carbons (Fsp3) is 0.429. The number of hydrogen-bond acceptors (Lipinski definition) is 5. The third kappa shape index (κ3) is 3.99. The normalized spacial score (nSPS) is 13.9. The highest BCUT2D eigenvalue weighted by Crippen LogP contribution is 2.25. The molecule has 0 bridgehead atoms. The molecule has 1 amide bonds. The van der Waals surface area contributed by atoms with Gasteiger partial charge >= 0.3 is 5.97 Å². The molecule has 0 spiro atoms. The molecular formula is C14H20N2O6S. The van der Waals surface area contributed by atoms with Crippen molar-refractivity contribution in [1.29, 1.82) is 0 Å². The molecule has 128 valence electrons. The number of amides is 1. The lowest BCUT2D eigenvalue weighted by Gasteiger charge is -2.24. The number of carboxylic acid groups (broad SMARTS) is 1. The van der Waals surface area contributed by atoms with E-state index in [0.29, 0.717) is 0 Å². The topological polar surface area (TPSA) is 122 Å². The van der Waals surface area contributed by atoms with Gasteiger partial charge in [0.25, 0.3) is 5.91 Å². The van der Waals surface area contributed by atoms with Crippen molar-refractivity contribution in [2.45, 2.75) is 30.7 Å². The highest BCUT2D eigenvalue weighted by atomic mass is 32.2. The molecule has 1 aromatic rings. The van der Waals surface area contributed by atoms with Gasteiger partial charge in [-0.2, -0.15) is 0 Å². The number of carbonyl (C=O) groups excluding carboxylic acids is 1. The van der Waals surface area contributed by atoms with Crippen molar-refractivity contribution in [1.82, 2.24) is 10.0 Å². The van der Waals surface area contributed by atoms with E-state index in [4.69, 9.17) is 4.74 Å². The molecule has 0 saturated heterocycles. The Morgan fingerprint density at radius 3 is 2.39 bits per heavy atom. The number of nitrogens with one attached hydrogen (secondary N) is 2. The first-order valence-corrected chi connectivity index (χ1v) is 8.27. The number of rotatable bonds is 7. The first-order valence-electron chi connectivity index (χ1n) is 6.78. The maximum atomic E-state index is 12.3. The van der Waals surface area contributed by atoms with Crippen molar-refractivity contribution in [3.8, 4) is 5.75 Å². The lowest BCUT2D eigenvalue weighted by atomic mass is 9.98. The molecule has 0 fully saturated rings. The first-order chi connectivity index (χ1) is 10.6. The van der Waals surface area contributed by atoms with Crippen LogP contribution in [0.5, 0.6) is 5.75 Å². The predicted molar refractivity (Wildman–Crippen MR) is 83.0 cm³/mol. The van der Waals surface area contributed by atoms with Gasteiger partial charge in [-0.1, -0.05) is 6.92 Å². The van der Waals surface area contributed by atoms with Crippen LogP contribution in [0.25, 0.3) is 0 Å². The lowest BCUT2D eigenvalue weighted by Crippen LogP contribution is -2.51. The third-order valence-electron chi connectivity index (χ3n) is 3.55. The SMILES string of the molecule is CCC(C)(NC(=O)c1ccc(OC)c(S(=O)(=O)NC)c1)C(=O)O. The van der Waals surface area contributed by atoms with Crippen molar-refractivity contribution in [2.75, 3.05) is 14.2 Å². The number of carbonyl (C=O) groups is 2. The van der Waals surface area contributed by atoms with Crippen LogP contribution in [0.4, 0.5) is 0 Å². The second-order valence-corrected chi connectivity index (χ2v) is 6.87. The van der Waals surface area contributed by atoms with E-state index in [1.54, 1.807) is 6.92 Å². The Morgan fingerprint density at radius 2 is 1.96 bits per heavy atom. The van der Waals surface area contributed by atoms with Gasteiger partial charge in [0.1, 0.15) is 16.2 Å². The average molecular weight is 344 g/mol. The van der Waals surface area contributed by atoms with Crippen molar-refractivity contribution >= 4 is 21.9 Å². The number of benzene rings is 1. The minimum Gasteiger partial charge on any atom is -0.495 e. The Balaban J connectivity index is 3.27. The van der Waals surface area contributed by atoms with E-state index in [1.165, 1.54) is 33.2 Å². The van der Waals surface area contributed by atoms with Crippen molar-refractivity contribution in [2.24, 2.45) is 0 Å². The number of sulfonamides is 1. The van der Waals surface area contributed by atoms with Gasteiger partial charge in [0, 0.05) is 5.56 Å². The molecule has 0 aliphatic rings. The van der Waals surface area contributed by atoms with E-state index in [9.17, 15) is 23.1 Å². The van der Waals surface area contributed by atoms with Crippen LogP contribution in [0.3, 0.4) is 0 Å². The zero-order chi connectivity index (χ0) is 17.8. The Morgan fingerprint density at radius 1 is 1.35 bits per heavy atom. The molecule has 1 aromatic carbocycles. The molecule has 8 nitrogen and oxygen atoms in total. The van der Waals surface area contributed by atoms with Crippen LogP contribution >= 0.6 is 0 Å². The van der Waals surface area contributed by atoms with Gasteiger partial charge in [0.2, 0.25) is 10.0 Å². The van der Waals surface area contributed by atoms with Crippen molar-refractivity contribution in [3.05, 3.63) is 23.8 Å². The monoisotopic (exact) mass is 344 g/mol. The Kier molecular flexibility index (Phi) is 5.73.